The minimum Gasteiger partial charge on any atom is -0.348 e. The van der Waals surface area contributed by atoms with Gasteiger partial charge in [0.15, 0.2) is 0 Å². The SMILES string of the molecule is CSCCCCCCNC(=O)C(=O)NCC#N. The van der Waals surface area contributed by atoms with Gasteiger partial charge in [-0.2, -0.15) is 17.0 Å². The molecule has 0 spiro atoms. The van der Waals surface area contributed by atoms with Crippen molar-refractivity contribution in [2.75, 3.05) is 25.1 Å². The van der Waals surface area contributed by atoms with Crippen LogP contribution in [0.15, 0.2) is 0 Å². The molecule has 0 heterocycles. The van der Waals surface area contributed by atoms with E-state index in [1.165, 1.54) is 12.2 Å². The fourth-order valence-electron chi connectivity index (χ4n) is 1.21. The molecule has 0 aliphatic rings. The first-order chi connectivity index (χ1) is 8.22. The van der Waals surface area contributed by atoms with Crippen LogP contribution in [0.2, 0.25) is 0 Å². The van der Waals surface area contributed by atoms with E-state index in [1.807, 2.05) is 11.8 Å². The Hall–Kier alpha value is -1.22. The van der Waals surface area contributed by atoms with Gasteiger partial charge in [-0.25, -0.2) is 0 Å². The Kier molecular flexibility index (Phi) is 10.5. The van der Waals surface area contributed by atoms with Crippen LogP contribution in [0.3, 0.4) is 0 Å². The monoisotopic (exact) mass is 257 g/mol. The quantitative estimate of drug-likeness (QED) is 0.380. The van der Waals surface area contributed by atoms with Crippen LogP contribution in [0, 0.1) is 11.3 Å². The lowest BCUT2D eigenvalue weighted by atomic mass is 10.2. The molecule has 0 bridgehead atoms. The maximum Gasteiger partial charge on any atom is 0.310 e. The summed E-state index contributed by atoms with van der Waals surface area (Å²) in [5, 5.41) is 12.9. The molecule has 0 atom stereocenters. The van der Waals surface area contributed by atoms with E-state index in [0.29, 0.717) is 6.54 Å². The highest BCUT2D eigenvalue weighted by atomic mass is 32.2. The molecular formula is C11H19N3O2S. The van der Waals surface area contributed by atoms with Gasteiger partial charge in [-0.3, -0.25) is 9.59 Å². The summed E-state index contributed by atoms with van der Waals surface area (Å²) in [5.41, 5.74) is 0. The third-order valence-electron chi connectivity index (χ3n) is 2.10. The van der Waals surface area contributed by atoms with Crippen molar-refractivity contribution in [1.82, 2.24) is 10.6 Å². The lowest BCUT2D eigenvalue weighted by molar-refractivity contribution is -0.139. The second-order valence-electron chi connectivity index (χ2n) is 3.50. The predicted octanol–water partition coefficient (Wildman–Crippen LogP) is 0.666. The lowest BCUT2D eigenvalue weighted by Gasteiger charge is -2.04. The maximum atomic E-state index is 11.1. The van der Waals surface area contributed by atoms with Crippen molar-refractivity contribution in [2.45, 2.75) is 25.7 Å². The summed E-state index contributed by atoms with van der Waals surface area (Å²) >= 11 is 1.83. The molecule has 0 aliphatic carbocycles. The average Bonchev–Trinajstić information content (AvgIpc) is 2.34. The molecule has 0 aliphatic heterocycles. The fraction of sp³-hybridized carbons (Fsp3) is 0.727. The molecule has 0 aromatic rings. The van der Waals surface area contributed by atoms with Crippen LogP contribution in [-0.2, 0) is 9.59 Å². The summed E-state index contributed by atoms with van der Waals surface area (Å²) < 4.78 is 0. The number of nitrogens with one attached hydrogen (secondary N) is 2. The van der Waals surface area contributed by atoms with E-state index in [9.17, 15) is 9.59 Å². The Morgan fingerprint density at radius 2 is 1.76 bits per heavy atom. The van der Waals surface area contributed by atoms with Gasteiger partial charge < -0.3 is 10.6 Å². The zero-order valence-electron chi connectivity index (χ0n) is 10.1. The molecule has 0 aromatic heterocycles. The minimum absolute atomic E-state index is 0.138. The molecule has 17 heavy (non-hydrogen) atoms. The average molecular weight is 257 g/mol. The van der Waals surface area contributed by atoms with Crippen LogP contribution in [0.1, 0.15) is 25.7 Å². The second-order valence-corrected chi connectivity index (χ2v) is 4.49. The summed E-state index contributed by atoms with van der Waals surface area (Å²) in [4.78, 5) is 22.2. The van der Waals surface area contributed by atoms with E-state index in [2.05, 4.69) is 16.9 Å². The number of hydrogen-bond acceptors (Lipinski definition) is 4. The molecule has 0 aromatic carbocycles. The number of carbonyl (C=O) groups is 2. The van der Waals surface area contributed by atoms with E-state index in [4.69, 9.17) is 5.26 Å². The number of rotatable bonds is 8. The summed E-state index contributed by atoms with van der Waals surface area (Å²) in [5.74, 6) is -0.235. The number of thioether (sulfide) groups is 1. The van der Waals surface area contributed by atoms with Crippen molar-refractivity contribution < 1.29 is 9.59 Å². The molecule has 0 saturated heterocycles. The highest BCUT2D eigenvalue weighted by molar-refractivity contribution is 7.98. The van der Waals surface area contributed by atoms with Crippen LogP contribution in [-0.4, -0.2) is 36.9 Å². The van der Waals surface area contributed by atoms with E-state index >= 15 is 0 Å². The predicted molar refractivity (Wildman–Crippen MR) is 68.5 cm³/mol. The fourth-order valence-corrected chi connectivity index (χ4v) is 1.70. The zero-order chi connectivity index (χ0) is 12.9. The van der Waals surface area contributed by atoms with Gasteiger partial charge in [0.2, 0.25) is 0 Å². The molecule has 0 rings (SSSR count). The Labute approximate surface area is 106 Å². The number of hydrogen-bond donors (Lipinski definition) is 2. The van der Waals surface area contributed by atoms with Crippen LogP contribution in [0.25, 0.3) is 0 Å². The van der Waals surface area contributed by atoms with E-state index < -0.39 is 11.8 Å². The van der Waals surface area contributed by atoms with Crippen molar-refractivity contribution in [3.63, 3.8) is 0 Å². The molecule has 2 N–H and O–H groups in total. The lowest BCUT2D eigenvalue weighted by Crippen LogP contribution is -2.40. The molecule has 96 valence electrons. The van der Waals surface area contributed by atoms with Crippen molar-refractivity contribution >= 4 is 23.6 Å². The maximum absolute atomic E-state index is 11.1. The molecule has 2 amide bonds. The second kappa shape index (κ2) is 11.3. The molecule has 5 nitrogen and oxygen atoms in total. The molecular weight excluding hydrogens is 238 g/mol. The largest absolute Gasteiger partial charge is 0.348 e. The van der Waals surface area contributed by atoms with Crippen LogP contribution in [0.5, 0.6) is 0 Å². The van der Waals surface area contributed by atoms with Crippen LogP contribution in [0.4, 0.5) is 0 Å². The smallest absolute Gasteiger partial charge is 0.310 e. The van der Waals surface area contributed by atoms with Crippen LogP contribution >= 0.6 is 11.8 Å². The molecule has 0 radical (unpaired) electrons. The summed E-state index contributed by atoms with van der Waals surface area (Å²) in [7, 11) is 0. The third kappa shape index (κ3) is 9.69. The van der Waals surface area contributed by atoms with Gasteiger partial charge in [0.25, 0.3) is 0 Å². The summed E-state index contributed by atoms with van der Waals surface area (Å²) in [6.07, 6.45) is 6.36. The van der Waals surface area contributed by atoms with Crippen molar-refractivity contribution in [1.29, 1.82) is 5.26 Å². The Balaban J connectivity index is 3.39. The van der Waals surface area contributed by atoms with E-state index in [-0.39, 0.29) is 6.54 Å². The Morgan fingerprint density at radius 1 is 1.12 bits per heavy atom. The molecule has 0 fully saturated rings. The first-order valence-corrected chi connectivity index (χ1v) is 7.03. The topological polar surface area (TPSA) is 82.0 Å². The van der Waals surface area contributed by atoms with Gasteiger partial charge in [-0.05, 0) is 24.9 Å². The van der Waals surface area contributed by atoms with E-state index in [1.54, 1.807) is 6.07 Å². The molecule has 6 heteroatoms. The van der Waals surface area contributed by atoms with Gasteiger partial charge in [0, 0.05) is 6.54 Å². The molecule has 0 saturated carbocycles. The van der Waals surface area contributed by atoms with Crippen molar-refractivity contribution in [3.05, 3.63) is 0 Å². The van der Waals surface area contributed by atoms with E-state index in [0.717, 1.165) is 19.3 Å². The number of carbonyl (C=O) groups excluding carboxylic acids is 2. The highest BCUT2D eigenvalue weighted by Gasteiger charge is 2.10. The summed E-state index contributed by atoms with van der Waals surface area (Å²) in [6, 6.07) is 1.74. The molecule has 0 unspecified atom stereocenters. The van der Waals surface area contributed by atoms with Gasteiger partial charge in [-0.15, -0.1) is 0 Å². The number of amides is 2. The third-order valence-corrected chi connectivity index (χ3v) is 2.79. The standard InChI is InChI=1S/C11H19N3O2S/c1-17-9-5-3-2-4-7-13-10(15)11(16)14-8-6-12/h2-5,7-9H2,1H3,(H,13,15)(H,14,16). The first kappa shape index (κ1) is 15.8. The van der Waals surface area contributed by atoms with Crippen molar-refractivity contribution in [3.8, 4) is 6.07 Å². The van der Waals surface area contributed by atoms with Gasteiger partial charge in [-0.1, -0.05) is 12.8 Å². The van der Waals surface area contributed by atoms with Crippen molar-refractivity contribution in [2.24, 2.45) is 0 Å². The minimum atomic E-state index is -0.742. The highest BCUT2D eigenvalue weighted by Crippen LogP contribution is 2.03. The number of unbranched alkanes of at least 4 members (excludes halogenated alkanes) is 3. The Morgan fingerprint density at radius 3 is 2.41 bits per heavy atom. The van der Waals surface area contributed by atoms with Gasteiger partial charge in [0.05, 0.1) is 6.07 Å². The van der Waals surface area contributed by atoms with Gasteiger partial charge in [0.1, 0.15) is 6.54 Å². The van der Waals surface area contributed by atoms with Gasteiger partial charge >= 0.3 is 11.8 Å². The normalized spacial score (nSPS) is 9.41. The zero-order valence-corrected chi connectivity index (χ0v) is 10.9. The number of nitrogens with zero attached hydrogens (tertiary/aromatic N) is 1. The number of nitriles is 1. The summed E-state index contributed by atoms with van der Waals surface area (Å²) in [6.45, 7) is 0.374. The van der Waals surface area contributed by atoms with Crippen LogP contribution < -0.4 is 10.6 Å². The first-order valence-electron chi connectivity index (χ1n) is 5.64. The Bertz CT molecular complexity index is 276.